The van der Waals surface area contributed by atoms with Crippen LogP contribution in [0.25, 0.3) is 0 Å². The summed E-state index contributed by atoms with van der Waals surface area (Å²) in [5, 5.41) is 0. The summed E-state index contributed by atoms with van der Waals surface area (Å²) >= 11 is 0. The molecule has 1 radical (unpaired) electrons. The van der Waals surface area contributed by atoms with E-state index in [1.807, 2.05) is 20.8 Å². The average molecular weight is 175 g/mol. The van der Waals surface area contributed by atoms with E-state index in [1.54, 1.807) is 0 Å². The fourth-order valence-corrected chi connectivity index (χ4v) is 0.956. The van der Waals surface area contributed by atoms with Crippen molar-refractivity contribution in [3.8, 4) is 0 Å². The van der Waals surface area contributed by atoms with E-state index >= 15 is 0 Å². The third kappa shape index (κ3) is 10.1. The Hall–Kier alpha value is 0.137. The first-order valence-corrected chi connectivity index (χ1v) is 6.72. The monoisotopic (exact) mass is 175 g/mol. The van der Waals surface area contributed by atoms with Crippen LogP contribution in [-0.4, -0.2) is 21.0 Å². The van der Waals surface area contributed by atoms with Gasteiger partial charge in [0.15, 0.2) is 0 Å². The highest BCUT2D eigenvalue weighted by molar-refractivity contribution is 6.55. The fourth-order valence-electron chi connectivity index (χ4n) is 0.464. The van der Waals surface area contributed by atoms with Crippen LogP contribution >= 0.6 is 0 Å². The van der Waals surface area contributed by atoms with Crippen molar-refractivity contribution in [3.05, 3.63) is 0 Å². The molecule has 0 atom stereocenters. The standard InChI is InChI=1S/C8H19O2Si/c1-8(2,3)10-9-6-7-11(4)5/h6-7H2,1-5H3. The first-order chi connectivity index (χ1) is 4.92. The lowest BCUT2D eigenvalue weighted by molar-refractivity contribution is -0.345. The smallest absolute Gasteiger partial charge is 0.0952 e. The van der Waals surface area contributed by atoms with E-state index in [0.29, 0.717) is 0 Å². The van der Waals surface area contributed by atoms with Crippen molar-refractivity contribution in [3.63, 3.8) is 0 Å². The van der Waals surface area contributed by atoms with Crippen LogP contribution in [0.3, 0.4) is 0 Å². The maximum Gasteiger partial charge on any atom is 0.0952 e. The van der Waals surface area contributed by atoms with E-state index in [4.69, 9.17) is 9.78 Å². The van der Waals surface area contributed by atoms with E-state index in [1.165, 1.54) is 0 Å². The second kappa shape index (κ2) is 4.90. The third-order valence-corrected chi connectivity index (χ3v) is 2.20. The van der Waals surface area contributed by atoms with Gasteiger partial charge in [0.05, 0.1) is 12.2 Å². The van der Waals surface area contributed by atoms with Gasteiger partial charge < -0.3 is 0 Å². The second-order valence-electron chi connectivity index (χ2n) is 3.97. The Kier molecular flexibility index (Phi) is 4.96. The van der Waals surface area contributed by atoms with Crippen molar-refractivity contribution in [2.45, 2.75) is 45.5 Å². The van der Waals surface area contributed by atoms with Crippen molar-refractivity contribution in [2.75, 3.05) is 6.61 Å². The molecule has 0 saturated carbocycles. The van der Waals surface area contributed by atoms with E-state index in [0.717, 1.165) is 12.7 Å². The number of hydrogen-bond acceptors (Lipinski definition) is 2. The Bertz CT molecular complexity index is 96.8. The molecule has 0 amide bonds. The zero-order valence-corrected chi connectivity index (χ0v) is 9.23. The molecule has 0 aliphatic heterocycles. The van der Waals surface area contributed by atoms with Gasteiger partial charge in [0, 0.05) is 8.80 Å². The highest BCUT2D eigenvalue weighted by atomic mass is 28.3. The lowest BCUT2D eigenvalue weighted by Gasteiger charge is -2.17. The van der Waals surface area contributed by atoms with Gasteiger partial charge in [-0.25, -0.2) is 9.78 Å². The van der Waals surface area contributed by atoms with Crippen LogP contribution in [0.4, 0.5) is 0 Å². The van der Waals surface area contributed by atoms with Gasteiger partial charge in [-0.3, -0.25) is 0 Å². The molecule has 0 unspecified atom stereocenters. The number of rotatable bonds is 4. The second-order valence-corrected chi connectivity index (χ2v) is 6.89. The molecule has 0 fully saturated rings. The highest BCUT2D eigenvalue weighted by Gasteiger charge is 2.10. The van der Waals surface area contributed by atoms with Gasteiger partial charge in [-0.2, -0.15) is 0 Å². The SMILES string of the molecule is C[Si](C)CCOOC(C)(C)C. The molecule has 0 aliphatic carbocycles. The molecular formula is C8H19O2Si. The normalized spacial score (nSPS) is 12.5. The minimum Gasteiger partial charge on any atom is -0.237 e. The summed E-state index contributed by atoms with van der Waals surface area (Å²) in [6, 6.07) is 1.15. The Morgan fingerprint density at radius 2 is 1.73 bits per heavy atom. The minimum absolute atomic E-state index is 0.157. The molecule has 0 aromatic rings. The molecule has 3 heteroatoms. The van der Waals surface area contributed by atoms with Crippen LogP contribution in [0.15, 0.2) is 0 Å². The summed E-state index contributed by atoms with van der Waals surface area (Å²) in [5.74, 6) is 0. The highest BCUT2D eigenvalue weighted by Crippen LogP contribution is 2.07. The molecule has 0 N–H and O–H groups in total. The summed E-state index contributed by atoms with van der Waals surface area (Å²) < 4.78 is 0. The van der Waals surface area contributed by atoms with Gasteiger partial charge in [-0.1, -0.05) is 13.1 Å². The number of hydrogen-bond donors (Lipinski definition) is 0. The summed E-state index contributed by atoms with van der Waals surface area (Å²) in [4.78, 5) is 10.1. The Morgan fingerprint density at radius 3 is 2.09 bits per heavy atom. The predicted molar refractivity (Wildman–Crippen MR) is 49.1 cm³/mol. The molecule has 0 aromatic heterocycles. The maximum absolute atomic E-state index is 5.10. The topological polar surface area (TPSA) is 18.5 Å². The summed E-state index contributed by atoms with van der Waals surface area (Å²) in [6.07, 6.45) is 0. The van der Waals surface area contributed by atoms with Crippen LogP contribution in [0.1, 0.15) is 20.8 Å². The maximum atomic E-state index is 5.10. The van der Waals surface area contributed by atoms with Crippen LogP contribution in [0, 0.1) is 0 Å². The summed E-state index contributed by atoms with van der Waals surface area (Å²) in [5.41, 5.74) is -0.172. The van der Waals surface area contributed by atoms with Gasteiger partial charge in [0.1, 0.15) is 0 Å². The van der Waals surface area contributed by atoms with Crippen molar-refractivity contribution in [1.29, 1.82) is 0 Å². The van der Waals surface area contributed by atoms with Gasteiger partial charge in [-0.05, 0) is 26.8 Å². The zero-order chi connectivity index (χ0) is 8.91. The Balaban J connectivity index is 3.15. The molecule has 0 saturated heterocycles. The van der Waals surface area contributed by atoms with Gasteiger partial charge >= 0.3 is 0 Å². The molecule has 0 aromatic carbocycles. The van der Waals surface area contributed by atoms with Gasteiger partial charge in [-0.15, -0.1) is 0 Å². The summed E-state index contributed by atoms with van der Waals surface area (Å²) in [6.45, 7) is 11.2. The van der Waals surface area contributed by atoms with Crippen LogP contribution in [0.5, 0.6) is 0 Å². The Labute approximate surface area is 71.4 Å². The van der Waals surface area contributed by atoms with E-state index in [2.05, 4.69) is 13.1 Å². The van der Waals surface area contributed by atoms with Crippen molar-refractivity contribution < 1.29 is 9.78 Å². The molecule has 0 spiro atoms. The van der Waals surface area contributed by atoms with E-state index in [-0.39, 0.29) is 14.4 Å². The molecule has 11 heavy (non-hydrogen) atoms. The predicted octanol–water partition coefficient (Wildman–Crippen LogP) is 2.49. The molecule has 0 heterocycles. The first-order valence-electron chi connectivity index (χ1n) is 4.01. The molecule has 0 aliphatic rings. The van der Waals surface area contributed by atoms with Crippen molar-refractivity contribution in [1.82, 2.24) is 0 Å². The minimum atomic E-state index is -0.172. The van der Waals surface area contributed by atoms with Gasteiger partial charge in [0.25, 0.3) is 0 Å². The molecule has 2 nitrogen and oxygen atoms in total. The third-order valence-electron chi connectivity index (χ3n) is 0.994. The molecule has 0 bridgehead atoms. The van der Waals surface area contributed by atoms with Crippen molar-refractivity contribution >= 4 is 8.80 Å². The largest absolute Gasteiger partial charge is 0.237 e. The summed E-state index contributed by atoms with van der Waals surface area (Å²) in [7, 11) is -0.157. The lowest BCUT2D eigenvalue weighted by atomic mass is 10.2. The molecular weight excluding hydrogens is 156 g/mol. The van der Waals surface area contributed by atoms with Crippen LogP contribution in [-0.2, 0) is 9.78 Å². The quantitative estimate of drug-likeness (QED) is 0.283. The van der Waals surface area contributed by atoms with Crippen LogP contribution < -0.4 is 0 Å². The first kappa shape index (κ1) is 11.1. The Morgan fingerprint density at radius 1 is 1.18 bits per heavy atom. The molecule has 67 valence electrons. The van der Waals surface area contributed by atoms with Crippen LogP contribution in [0.2, 0.25) is 19.1 Å². The molecule has 0 rings (SSSR count). The average Bonchev–Trinajstić information content (AvgIpc) is 1.78. The zero-order valence-electron chi connectivity index (χ0n) is 8.23. The van der Waals surface area contributed by atoms with Crippen molar-refractivity contribution in [2.24, 2.45) is 0 Å². The lowest BCUT2D eigenvalue weighted by Crippen LogP contribution is -2.20. The van der Waals surface area contributed by atoms with E-state index in [9.17, 15) is 0 Å². The van der Waals surface area contributed by atoms with Gasteiger partial charge in [0.2, 0.25) is 0 Å². The fraction of sp³-hybridized carbons (Fsp3) is 1.00. The van der Waals surface area contributed by atoms with E-state index < -0.39 is 0 Å².